The molecule has 1 N–H and O–H groups in total. The van der Waals surface area contributed by atoms with Crippen molar-refractivity contribution in [3.8, 4) is 5.75 Å². The lowest BCUT2D eigenvalue weighted by Crippen LogP contribution is -2.21. The summed E-state index contributed by atoms with van der Waals surface area (Å²) in [6, 6.07) is 10.9. The molecular weight excluding hydrogens is 388 g/mol. The first-order chi connectivity index (χ1) is 13.9. The van der Waals surface area contributed by atoms with Gasteiger partial charge in [0, 0.05) is 5.69 Å². The van der Waals surface area contributed by atoms with Gasteiger partial charge in [-0.2, -0.15) is 8.78 Å². The van der Waals surface area contributed by atoms with E-state index >= 15 is 0 Å². The number of amides is 1. The van der Waals surface area contributed by atoms with E-state index < -0.39 is 31.1 Å². The number of halogens is 2. The number of ether oxygens (including phenoxy) is 3. The molecule has 0 atom stereocenters. The molecule has 0 saturated carbocycles. The van der Waals surface area contributed by atoms with Crippen LogP contribution in [0, 0.1) is 0 Å². The molecule has 154 valence electrons. The monoisotopic (exact) mass is 407 g/mol. The van der Waals surface area contributed by atoms with Crippen molar-refractivity contribution in [1.29, 1.82) is 0 Å². The van der Waals surface area contributed by atoms with Crippen molar-refractivity contribution in [1.82, 2.24) is 0 Å². The van der Waals surface area contributed by atoms with Crippen molar-refractivity contribution >= 4 is 23.5 Å². The summed E-state index contributed by atoms with van der Waals surface area (Å²) in [7, 11) is 0. The zero-order chi connectivity index (χ0) is 21.2. The number of hydrogen-bond donors (Lipinski definition) is 1. The van der Waals surface area contributed by atoms with Crippen molar-refractivity contribution in [3.05, 3.63) is 59.7 Å². The molecule has 1 amide bonds. The van der Waals surface area contributed by atoms with Crippen LogP contribution in [-0.4, -0.2) is 37.7 Å². The van der Waals surface area contributed by atoms with Crippen LogP contribution in [0.4, 0.5) is 14.5 Å². The minimum absolute atomic E-state index is 0.0781. The van der Waals surface area contributed by atoms with Gasteiger partial charge in [0.05, 0.1) is 17.7 Å². The van der Waals surface area contributed by atoms with E-state index in [9.17, 15) is 23.2 Å². The Labute approximate surface area is 165 Å². The average molecular weight is 407 g/mol. The standard InChI is InChI=1S/C20H19F2NO6/c1-2-11-27-18(25)13-3-7-15(8-4-13)23-17(24)12-28-19(26)14-5-9-16(10-6-14)29-20(21)22/h3-10,20H,2,11-12H2,1H3,(H,23,24). The van der Waals surface area contributed by atoms with Crippen molar-refractivity contribution in [3.63, 3.8) is 0 Å². The van der Waals surface area contributed by atoms with Gasteiger partial charge in [0.1, 0.15) is 5.75 Å². The highest BCUT2D eigenvalue weighted by molar-refractivity contribution is 5.96. The third kappa shape index (κ3) is 7.21. The maximum atomic E-state index is 12.1. The predicted molar refractivity (Wildman–Crippen MR) is 99.0 cm³/mol. The second-order valence-electron chi connectivity index (χ2n) is 5.74. The van der Waals surface area contributed by atoms with Gasteiger partial charge in [-0.15, -0.1) is 0 Å². The highest BCUT2D eigenvalue weighted by Crippen LogP contribution is 2.15. The fraction of sp³-hybridized carbons (Fsp3) is 0.250. The summed E-state index contributed by atoms with van der Waals surface area (Å²) in [6.07, 6.45) is 0.715. The van der Waals surface area contributed by atoms with Gasteiger partial charge in [0.15, 0.2) is 6.61 Å². The van der Waals surface area contributed by atoms with Crippen molar-refractivity contribution < 1.29 is 37.4 Å². The molecule has 2 rings (SSSR count). The maximum Gasteiger partial charge on any atom is 0.387 e. The summed E-state index contributed by atoms with van der Waals surface area (Å²) in [5.74, 6) is -1.94. The smallest absolute Gasteiger partial charge is 0.387 e. The van der Waals surface area contributed by atoms with E-state index in [1.807, 2.05) is 6.92 Å². The van der Waals surface area contributed by atoms with Crippen LogP contribution in [0.25, 0.3) is 0 Å². The first-order valence-electron chi connectivity index (χ1n) is 8.68. The minimum Gasteiger partial charge on any atom is -0.462 e. The molecule has 0 aliphatic heterocycles. The van der Waals surface area contributed by atoms with E-state index in [4.69, 9.17) is 9.47 Å². The van der Waals surface area contributed by atoms with Gasteiger partial charge in [0.2, 0.25) is 0 Å². The lowest BCUT2D eigenvalue weighted by molar-refractivity contribution is -0.119. The number of nitrogens with one attached hydrogen (secondary N) is 1. The molecule has 2 aromatic rings. The normalized spacial score (nSPS) is 10.3. The molecule has 0 spiro atoms. The number of carbonyl (C=O) groups excluding carboxylic acids is 3. The van der Waals surface area contributed by atoms with E-state index in [-0.39, 0.29) is 11.3 Å². The predicted octanol–water partition coefficient (Wildman–Crippen LogP) is 3.65. The Bertz CT molecular complexity index is 837. The zero-order valence-corrected chi connectivity index (χ0v) is 15.5. The van der Waals surface area contributed by atoms with Crippen LogP contribution in [0.1, 0.15) is 34.1 Å². The third-order valence-corrected chi connectivity index (χ3v) is 3.49. The number of rotatable bonds is 9. The Balaban J connectivity index is 1.81. The highest BCUT2D eigenvalue weighted by atomic mass is 19.3. The molecule has 0 radical (unpaired) electrons. The molecule has 7 nitrogen and oxygen atoms in total. The van der Waals surface area contributed by atoms with E-state index in [2.05, 4.69) is 10.1 Å². The summed E-state index contributed by atoms with van der Waals surface area (Å²) >= 11 is 0. The molecule has 9 heteroatoms. The van der Waals surface area contributed by atoms with E-state index in [1.54, 1.807) is 0 Å². The lowest BCUT2D eigenvalue weighted by atomic mass is 10.2. The summed E-state index contributed by atoms with van der Waals surface area (Å²) in [5, 5.41) is 2.52. The van der Waals surface area contributed by atoms with Gasteiger partial charge in [-0.3, -0.25) is 4.79 Å². The van der Waals surface area contributed by atoms with Crippen LogP contribution >= 0.6 is 0 Å². The molecule has 0 aliphatic carbocycles. The number of esters is 2. The van der Waals surface area contributed by atoms with E-state index in [1.165, 1.54) is 48.5 Å². The number of benzene rings is 2. The fourth-order valence-corrected chi connectivity index (χ4v) is 2.15. The van der Waals surface area contributed by atoms with Crippen LogP contribution in [0.2, 0.25) is 0 Å². The van der Waals surface area contributed by atoms with Crippen LogP contribution in [0.15, 0.2) is 48.5 Å². The van der Waals surface area contributed by atoms with E-state index in [0.717, 1.165) is 0 Å². The topological polar surface area (TPSA) is 90.9 Å². The molecule has 2 aromatic carbocycles. The van der Waals surface area contributed by atoms with Gasteiger partial charge >= 0.3 is 18.6 Å². The first kappa shape index (κ1) is 21.8. The second-order valence-corrected chi connectivity index (χ2v) is 5.74. The van der Waals surface area contributed by atoms with E-state index in [0.29, 0.717) is 24.3 Å². The number of hydrogen-bond acceptors (Lipinski definition) is 6. The number of carbonyl (C=O) groups is 3. The molecule has 0 fully saturated rings. The Morgan fingerprint density at radius 1 is 0.897 bits per heavy atom. The quantitative estimate of drug-likeness (QED) is 0.638. The molecule has 29 heavy (non-hydrogen) atoms. The van der Waals surface area contributed by atoms with Crippen LogP contribution in [-0.2, 0) is 14.3 Å². The van der Waals surface area contributed by atoms with Crippen LogP contribution in [0.3, 0.4) is 0 Å². The van der Waals surface area contributed by atoms with Gasteiger partial charge < -0.3 is 19.5 Å². The fourth-order valence-electron chi connectivity index (χ4n) is 2.15. The Kier molecular flexibility index (Phi) is 8.08. The average Bonchev–Trinajstić information content (AvgIpc) is 2.71. The molecular formula is C20H19F2NO6. The van der Waals surface area contributed by atoms with Gasteiger partial charge in [-0.1, -0.05) is 6.92 Å². The Morgan fingerprint density at radius 3 is 2.00 bits per heavy atom. The van der Waals surface area contributed by atoms with Gasteiger partial charge in [0.25, 0.3) is 5.91 Å². The summed E-state index contributed by atoms with van der Waals surface area (Å²) < 4.78 is 38.3. The van der Waals surface area contributed by atoms with Crippen molar-refractivity contribution in [2.45, 2.75) is 20.0 Å². The number of anilines is 1. The van der Waals surface area contributed by atoms with Crippen LogP contribution in [0.5, 0.6) is 5.75 Å². The summed E-state index contributed by atoms with van der Waals surface area (Å²) in [4.78, 5) is 35.5. The third-order valence-electron chi connectivity index (χ3n) is 3.49. The molecule has 0 unspecified atom stereocenters. The Hall–Kier alpha value is -3.49. The SMILES string of the molecule is CCCOC(=O)c1ccc(NC(=O)COC(=O)c2ccc(OC(F)F)cc2)cc1. The minimum atomic E-state index is -2.97. The van der Waals surface area contributed by atoms with Crippen LogP contribution < -0.4 is 10.1 Å². The molecule has 0 aliphatic rings. The van der Waals surface area contributed by atoms with Gasteiger partial charge in [-0.25, -0.2) is 9.59 Å². The maximum absolute atomic E-state index is 12.1. The second kappa shape index (κ2) is 10.7. The van der Waals surface area contributed by atoms with Crippen molar-refractivity contribution in [2.24, 2.45) is 0 Å². The highest BCUT2D eigenvalue weighted by Gasteiger charge is 2.12. The Morgan fingerprint density at radius 2 is 1.45 bits per heavy atom. The summed E-state index contributed by atoms with van der Waals surface area (Å²) in [5.41, 5.74) is 0.836. The number of alkyl halides is 2. The largest absolute Gasteiger partial charge is 0.462 e. The molecule has 0 heterocycles. The first-order valence-corrected chi connectivity index (χ1v) is 8.68. The zero-order valence-electron chi connectivity index (χ0n) is 15.5. The molecule has 0 aromatic heterocycles. The lowest BCUT2D eigenvalue weighted by Gasteiger charge is -2.08. The molecule has 0 saturated heterocycles. The van der Waals surface area contributed by atoms with Gasteiger partial charge in [-0.05, 0) is 55.0 Å². The molecule has 0 bridgehead atoms. The summed E-state index contributed by atoms with van der Waals surface area (Å²) in [6.45, 7) is -1.30. The van der Waals surface area contributed by atoms with Crippen molar-refractivity contribution in [2.75, 3.05) is 18.5 Å².